The molecular formula is C17H25N5O3. The highest BCUT2D eigenvalue weighted by Gasteiger charge is 2.24. The Morgan fingerprint density at radius 1 is 1.20 bits per heavy atom. The number of hydrogen-bond acceptors (Lipinski definition) is 4. The van der Waals surface area contributed by atoms with Gasteiger partial charge in [-0.15, -0.1) is 0 Å². The molecule has 0 spiro atoms. The maximum atomic E-state index is 12.2. The van der Waals surface area contributed by atoms with E-state index < -0.39 is 18.0 Å². The van der Waals surface area contributed by atoms with Crippen LogP contribution in [0, 0.1) is 5.92 Å². The Hall–Kier alpha value is -2.77. The lowest BCUT2D eigenvalue weighted by Gasteiger charge is -2.30. The fourth-order valence-corrected chi connectivity index (χ4v) is 2.89. The van der Waals surface area contributed by atoms with E-state index in [9.17, 15) is 14.4 Å². The molecule has 1 atom stereocenters. The molecule has 1 aliphatic heterocycles. The van der Waals surface area contributed by atoms with Crippen LogP contribution in [0.25, 0.3) is 0 Å². The van der Waals surface area contributed by atoms with E-state index in [0.29, 0.717) is 0 Å². The minimum Gasteiger partial charge on any atom is -0.362 e. The molecule has 136 valence electrons. The Labute approximate surface area is 147 Å². The maximum Gasteiger partial charge on any atom is 0.312 e. The molecule has 0 aliphatic carbocycles. The van der Waals surface area contributed by atoms with Crippen LogP contribution in [0.5, 0.6) is 0 Å². The molecule has 2 rings (SSSR count). The smallest absolute Gasteiger partial charge is 0.312 e. The summed E-state index contributed by atoms with van der Waals surface area (Å²) in [5, 5.41) is 2.36. The molecule has 8 heteroatoms. The Bertz CT molecular complexity index is 647. The van der Waals surface area contributed by atoms with Crippen LogP contribution in [-0.2, 0) is 16.0 Å². The molecule has 25 heavy (non-hydrogen) atoms. The number of hydrogen-bond donors (Lipinski definition) is 4. The van der Waals surface area contributed by atoms with Crippen molar-refractivity contribution in [1.82, 2.24) is 16.2 Å². The van der Waals surface area contributed by atoms with E-state index in [0.717, 1.165) is 25.1 Å². The van der Waals surface area contributed by atoms with Crippen molar-refractivity contribution in [2.24, 2.45) is 11.7 Å². The number of anilines is 1. The number of primary amides is 1. The molecule has 5 N–H and O–H groups in total. The summed E-state index contributed by atoms with van der Waals surface area (Å²) in [6.07, 6.45) is 1.98. The van der Waals surface area contributed by atoms with Crippen molar-refractivity contribution in [3.8, 4) is 0 Å². The third-order valence-corrected chi connectivity index (χ3v) is 4.11. The van der Waals surface area contributed by atoms with E-state index in [2.05, 4.69) is 22.2 Å². The third-order valence-electron chi connectivity index (χ3n) is 4.11. The van der Waals surface area contributed by atoms with Gasteiger partial charge in [0.05, 0.1) is 6.54 Å². The lowest BCUT2D eigenvalue weighted by molar-refractivity contribution is -0.129. The second-order valence-corrected chi connectivity index (χ2v) is 6.42. The summed E-state index contributed by atoms with van der Waals surface area (Å²) in [5.74, 6) is -1.01. The summed E-state index contributed by atoms with van der Waals surface area (Å²) >= 11 is 0. The van der Waals surface area contributed by atoms with Crippen LogP contribution in [-0.4, -0.2) is 37.0 Å². The average Bonchev–Trinajstić information content (AvgIpc) is 2.57. The van der Waals surface area contributed by atoms with Crippen LogP contribution in [0.4, 0.5) is 10.5 Å². The number of benzene rings is 1. The van der Waals surface area contributed by atoms with E-state index in [4.69, 9.17) is 5.73 Å². The zero-order valence-corrected chi connectivity index (χ0v) is 14.5. The molecule has 4 amide bonds. The van der Waals surface area contributed by atoms with Crippen molar-refractivity contribution in [2.75, 3.05) is 18.0 Å². The quantitative estimate of drug-likeness (QED) is 0.572. The van der Waals surface area contributed by atoms with Gasteiger partial charge in [-0.1, -0.05) is 32.0 Å². The molecule has 1 aromatic carbocycles. The Kier molecular flexibility index (Phi) is 6.21. The van der Waals surface area contributed by atoms with Crippen LogP contribution in [0.2, 0.25) is 0 Å². The zero-order valence-electron chi connectivity index (χ0n) is 14.5. The predicted molar refractivity (Wildman–Crippen MR) is 94.6 cm³/mol. The second kappa shape index (κ2) is 8.36. The molecule has 0 radical (unpaired) electrons. The first kappa shape index (κ1) is 18.6. The van der Waals surface area contributed by atoms with Gasteiger partial charge in [0.1, 0.15) is 6.04 Å². The van der Waals surface area contributed by atoms with E-state index >= 15 is 0 Å². The van der Waals surface area contributed by atoms with E-state index in [-0.39, 0.29) is 18.4 Å². The molecule has 1 aromatic rings. The molecule has 0 bridgehead atoms. The van der Waals surface area contributed by atoms with Crippen LogP contribution in [0.15, 0.2) is 24.3 Å². The van der Waals surface area contributed by atoms with Crippen molar-refractivity contribution in [1.29, 1.82) is 0 Å². The van der Waals surface area contributed by atoms with Crippen LogP contribution in [0.1, 0.15) is 25.8 Å². The maximum absolute atomic E-state index is 12.2. The van der Waals surface area contributed by atoms with Crippen molar-refractivity contribution in [3.05, 3.63) is 29.8 Å². The van der Waals surface area contributed by atoms with Gasteiger partial charge in [-0.25, -0.2) is 4.79 Å². The largest absolute Gasteiger partial charge is 0.362 e. The number of aryl methyl sites for hydroxylation is 1. The number of urea groups is 1. The fraction of sp³-hybridized carbons (Fsp3) is 0.471. The molecule has 1 heterocycles. The lowest BCUT2D eigenvalue weighted by atomic mass is 10.0. The first-order valence-corrected chi connectivity index (χ1v) is 8.36. The number of nitrogens with zero attached hydrogens (tertiary/aromatic N) is 1. The first-order valence-electron chi connectivity index (χ1n) is 8.36. The number of fused-ring (bicyclic) bond motifs is 1. The number of nitrogens with one attached hydrogen (secondary N) is 3. The normalized spacial score (nSPS) is 14.4. The number of carbonyl (C=O) groups excluding carboxylic acids is 3. The van der Waals surface area contributed by atoms with Gasteiger partial charge in [-0.2, -0.15) is 0 Å². The number of hydrazine groups is 1. The number of nitrogens with two attached hydrogens (primary N) is 1. The minimum atomic E-state index is -0.812. The molecular weight excluding hydrogens is 322 g/mol. The van der Waals surface area contributed by atoms with Crippen molar-refractivity contribution in [3.63, 3.8) is 0 Å². The highest BCUT2D eigenvalue weighted by Crippen LogP contribution is 2.26. The van der Waals surface area contributed by atoms with E-state index in [1.54, 1.807) is 13.8 Å². The van der Waals surface area contributed by atoms with Gasteiger partial charge < -0.3 is 16.0 Å². The van der Waals surface area contributed by atoms with Gasteiger partial charge >= 0.3 is 6.03 Å². The average molecular weight is 347 g/mol. The number of carbonyl (C=O) groups is 3. The molecule has 8 nitrogen and oxygen atoms in total. The second-order valence-electron chi connectivity index (χ2n) is 6.42. The number of rotatable bonds is 5. The van der Waals surface area contributed by atoms with E-state index in [1.165, 1.54) is 5.56 Å². The summed E-state index contributed by atoms with van der Waals surface area (Å²) in [6, 6.07) is 6.38. The zero-order chi connectivity index (χ0) is 18.4. The van der Waals surface area contributed by atoms with Gasteiger partial charge in [-0.3, -0.25) is 20.4 Å². The van der Waals surface area contributed by atoms with Gasteiger partial charge in [0.15, 0.2) is 0 Å². The molecule has 0 unspecified atom stereocenters. The molecule has 0 fully saturated rings. The van der Waals surface area contributed by atoms with Crippen molar-refractivity contribution < 1.29 is 14.4 Å². The van der Waals surface area contributed by atoms with Gasteiger partial charge in [0.2, 0.25) is 0 Å². The summed E-state index contributed by atoms with van der Waals surface area (Å²) in [4.78, 5) is 37.2. The van der Waals surface area contributed by atoms with Crippen molar-refractivity contribution in [2.45, 2.75) is 32.7 Å². The predicted octanol–water partition coefficient (Wildman–Crippen LogP) is 0.280. The topological polar surface area (TPSA) is 117 Å². The van der Waals surface area contributed by atoms with Crippen LogP contribution in [0.3, 0.4) is 0 Å². The van der Waals surface area contributed by atoms with Crippen LogP contribution < -0.4 is 26.8 Å². The minimum absolute atomic E-state index is 0.146. The monoisotopic (exact) mass is 347 g/mol. The third kappa shape index (κ3) is 5.10. The highest BCUT2D eigenvalue weighted by molar-refractivity contribution is 5.89. The molecule has 0 saturated carbocycles. The summed E-state index contributed by atoms with van der Waals surface area (Å²) in [6.45, 7) is 4.47. The highest BCUT2D eigenvalue weighted by atomic mass is 16.2. The Morgan fingerprint density at radius 3 is 2.60 bits per heavy atom. The molecule has 0 aromatic heterocycles. The van der Waals surface area contributed by atoms with E-state index in [1.807, 2.05) is 23.1 Å². The number of amides is 4. The fourth-order valence-electron chi connectivity index (χ4n) is 2.89. The Balaban J connectivity index is 1.89. The summed E-state index contributed by atoms with van der Waals surface area (Å²) in [5.41, 5.74) is 12.1. The molecule has 1 aliphatic rings. The lowest BCUT2D eigenvalue weighted by Crippen LogP contribution is -2.56. The molecule has 0 saturated heterocycles. The standard InChI is InChI=1S/C17H25N5O3/c1-11(2)15(19-17(18)25)16(24)21-20-14(23)10-22-9-5-7-12-6-3-4-8-13(12)22/h3-4,6,8,11,15H,5,7,9-10H2,1-2H3,(H,20,23)(H,21,24)(H3,18,19,25)/t15-/m0/s1. The Morgan fingerprint density at radius 2 is 1.92 bits per heavy atom. The van der Waals surface area contributed by atoms with Gasteiger partial charge in [0, 0.05) is 12.2 Å². The van der Waals surface area contributed by atoms with Crippen molar-refractivity contribution >= 4 is 23.5 Å². The van der Waals surface area contributed by atoms with Gasteiger partial charge in [-0.05, 0) is 30.4 Å². The number of para-hydroxylation sites is 1. The summed E-state index contributed by atoms with van der Waals surface area (Å²) in [7, 11) is 0. The van der Waals surface area contributed by atoms with Gasteiger partial charge in [0.25, 0.3) is 11.8 Å². The summed E-state index contributed by atoms with van der Waals surface area (Å²) < 4.78 is 0. The SMILES string of the molecule is CC(C)[C@H](NC(N)=O)C(=O)NNC(=O)CN1CCCc2ccccc21. The first-order chi connectivity index (χ1) is 11.9. The van der Waals surface area contributed by atoms with Crippen LogP contribution >= 0.6 is 0 Å².